The van der Waals surface area contributed by atoms with Crippen molar-refractivity contribution in [2.45, 2.75) is 19.3 Å². The first-order valence-electron chi connectivity index (χ1n) is 18.1. The lowest BCUT2D eigenvalue weighted by atomic mass is 9.78. The van der Waals surface area contributed by atoms with Gasteiger partial charge in [0.25, 0.3) is 0 Å². The summed E-state index contributed by atoms with van der Waals surface area (Å²) in [7, 11) is 0. The number of fused-ring (bicyclic) bond motifs is 5. The van der Waals surface area contributed by atoms with Crippen LogP contribution in [0.4, 0.5) is 0 Å². The second-order valence-corrected chi connectivity index (χ2v) is 14.2. The Hall–Kier alpha value is -6.71. The van der Waals surface area contributed by atoms with E-state index in [0.29, 0.717) is 11.4 Å². The molecule has 8 aromatic rings. The minimum absolute atomic E-state index is 0.167. The molecule has 1 aliphatic carbocycles. The second-order valence-electron chi connectivity index (χ2n) is 14.2. The molecule has 0 atom stereocenters. The molecule has 0 radical (unpaired) electrons. The fourth-order valence-electron chi connectivity index (χ4n) is 8.02. The van der Waals surface area contributed by atoms with E-state index in [1.165, 1.54) is 49.5 Å². The molecular formula is C50H37N3. The highest BCUT2D eigenvalue weighted by atomic mass is 14.7. The van der Waals surface area contributed by atoms with E-state index in [2.05, 4.69) is 134 Å². The molecule has 252 valence electrons. The van der Waals surface area contributed by atoms with Crippen molar-refractivity contribution in [2.75, 3.05) is 0 Å². The van der Waals surface area contributed by atoms with Gasteiger partial charge in [0.1, 0.15) is 0 Å². The summed E-state index contributed by atoms with van der Waals surface area (Å²) in [5.74, 6) is 0. The number of benzene rings is 7. The van der Waals surface area contributed by atoms with Gasteiger partial charge in [-0.25, -0.2) is 0 Å². The average Bonchev–Trinajstić information content (AvgIpc) is 3.44. The van der Waals surface area contributed by atoms with E-state index in [-0.39, 0.29) is 5.41 Å². The van der Waals surface area contributed by atoms with Crippen molar-refractivity contribution >= 4 is 39.2 Å². The maximum absolute atomic E-state index is 8.99. The second kappa shape index (κ2) is 13.1. The van der Waals surface area contributed by atoms with Gasteiger partial charge in [-0.2, -0.15) is 0 Å². The van der Waals surface area contributed by atoms with Crippen LogP contribution in [0.3, 0.4) is 0 Å². The van der Waals surface area contributed by atoms with E-state index >= 15 is 0 Å². The third-order valence-corrected chi connectivity index (χ3v) is 10.6. The third-order valence-electron chi connectivity index (χ3n) is 10.6. The Labute approximate surface area is 310 Å². The van der Waals surface area contributed by atoms with Crippen LogP contribution in [0, 0.1) is 5.41 Å². The van der Waals surface area contributed by atoms with E-state index in [4.69, 9.17) is 10.4 Å². The molecule has 0 spiro atoms. The van der Waals surface area contributed by atoms with Crippen LogP contribution in [-0.2, 0) is 5.41 Å². The average molecular weight is 680 g/mol. The molecule has 0 unspecified atom stereocenters. The molecule has 0 bridgehead atoms. The molecule has 1 heterocycles. The number of nitrogens with zero attached hydrogens (tertiary/aromatic N) is 2. The van der Waals surface area contributed by atoms with Crippen LogP contribution in [0.25, 0.3) is 60.6 Å². The number of aliphatic imine (C=N–C) groups is 1. The van der Waals surface area contributed by atoms with Gasteiger partial charge in [0.2, 0.25) is 0 Å². The number of pyridine rings is 1. The van der Waals surface area contributed by atoms with Crippen molar-refractivity contribution in [1.82, 2.24) is 4.98 Å². The Balaban J connectivity index is 1.15. The van der Waals surface area contributed by atoms with Crippen molar-refractivity contribution < 1.29 is 0 Å². The van der Waals surface area contributed by atoms with Crippen LogP contribution in [0.1, 0.15) is 41.7 Å². The lowest BCUT2D eigenvalue weighted by Gasteiger charge is -2.25. The smallest absolute Gasteiger partial charge is 0.0723 e. The Morgan fingerprint density at radius 1 is 0.585 bits per heavy atom. The topological polar surface area (TPSA) is 49.1 Å². The zero-order chi connectivity index (χ0) is 35.9. The highest BCUT2D eigenvalue weighted by Crippen LogP contribution is 2.53. The maximum Gasteiger partial charge on any atom is 0.0723 e. The molecule has 0 aliphatic heterocycles. The van der Waals surface area contributed by atoms with Gasteiger partial charge in [-0.1, -0.05) is 147 Å². The number of aromatic nitrogens is 1. The lowest BCUT2D eigenvalue weighted by Crippen LogP contribution is -2.16. The Kier molecular flexibility index (Phi) is 7.97. The molecule has 7 aromatic carbocycles. The summed E-state index contributed by atoms with van der Waals surface area (Å²) in [6, 6.07) is 55.4. The van der Waals surface area contributed by atoms with E-state index in [1.54, 1.807) is 6.20 Å². The number of nitrogens with one attached hydrogen (secondary N) is 1. The fourth-order valence-corrected chi connectivity index (χ4v) is 8.02. The Morgan fingerprint density at radius 2 is 1.26 bits per heavy atom. The first kappa shape index (κ1) is 32.2. The molecule has 0 saturated carbocycles. The first-order chi connectivity index (χ1) is 26.0. The third kappa shape index (κ3) is 5.77. The largest absolute Gasteiger partial charge is 0.300 e. The van der Waals surface area contributed by atoms with Crippen molar-refractivity contribution in [3.05, 3.63) is 204 Å². The molecular weight excluding hydrogens is 643 g/mol. The molecule has 1 aliphatic rings. The first-order valence-corrected chi connectivity index (χ1v) is 18.1. The number of hydrogen-bond acceptors (Lipinski definition) is 3. The SMILES string of the molecule is CC1(C)c2cc3ccccc3cc2-c2cccc(-c3ccc(C=N/C(=C\C(=N)c4ccccc4)c4cccc(-c5cccnc5)c4)c4ccccc34)c21. The zero-order valence-corrected chi connectivity index (χ0v) is 29.7. The summed E-state index contributed by atoms with van der Waals surface area (Å²) in [4.78, 5) is 9.46. The van der Waals surface area contributed by atoms with E-state index in [1.807, 2.05) is 61.0 Å². The van der Waals surface area contributed by atoms with Gasteiger partial charge >= 0.3 is 0 Å². The number of allylic oxidation sites excluding steroid dienone is 1. The molecule has 53 heavy (non-hydrogen) atoms. The molecule has 1 aromatic heterocycles. The monoisotopic (exact) mass is 679 g/mol. The predicted molar refractivity (Wildman–Crippen MR) is 223 cm³/mol. The van der Waals surface area contributed by atoms with Gasteiger partial charge in [-0.3, -0.25) is 9.98 Å². The van der Waals surface area contributed by atoms with E-state index in [0.717, 1.165) is 33.2 Å². The molecule has 9 rings (SSSR count). The van der Waals surface area contributed by atoms with Gasteiger partial charge in [0, 0.05) is 40.7 Å². The summed E-state index contributed by atoms with van der Waals surface area (Å²) >= 11 is 0. The molecule has 3 nitrogen and oxygen atoms in total. The van der Waals surface area contributed by atoms with Crippen LogP contribution in [0.2, 0.25) is 0 Å². The summed E-state index contributed by atoms with van der Waals surface area (Å²) in [6.07, 6.45) is 7.47. The minimum atomic E-state index is -0.167. The lowest BCUT2D eigenvalue weighted by molar-refractivity contribution is 0.663. The summed E-state index contributed by atoms with van der Waals surface area (Å²) in [6.45, 7) is 4.73. The molecule has 0 saturated heterocycles. The van der Waals surface area contributed by atoms with Crippen molar-refractivity contribution in [1.29, 1.82) is 5.41 Å². The minimum Gasteiger partial charge on any atom is -0.300 e. The Morgan fingerprint density at radius 3 is 2.06 bits per heavy atom. The Bertz CT molecular complexity index is 2760. The fraction of sp³-hybridized carbons (Fsp3) is 0.0600. The number of rotatable bonds is 7. The summed E-state index contributed by atoms with van der Waals surface area (Å²) in [5, 5.41) is 13.8. The normalized spacial score (nSPS) is 13.4. The predicted octanol–water partition coefficient (Wildman–Crippen LogP) is 12.6. The highest BCUT2D eigenvalue weighted by molar-refractivity contribution is 6.12. The molecule has 3 heteroatoms. The molecule has 0 amide bonds. The van der Waals surface area contributed by atoms with Gasteiger partial charge in [0.05, 0.1) is 11.4 Å². The quantitative estimate of drug-likeness (QED) is 0.167. The van der Waals surface area contributed by atoms with Crippen LogP contribution in [-0.4, -0.2) is 16.9 Å². The number of hydrogen-bond donors (Lipinski definition) is 1. The summed E-state index contributed by atoms with van der Waals surface area (Å²) < 4.78 is 0. The zero-order valence-electron chi connectivity index (χ0n) is 29.7. The van der Waals surface area contributed by atoms with Crippen LogP contribution < -0.4 is 0 Å². The van der Waals surface area contributed by atoms with Gasteiger partial charge in [-0.15, -0.1) is 0 Å². The molecule has 0 fully saturated rings. The van der Waals surface area contributed by atoms with Crippen molar-refractivity contribution in [2.24, 2.45) is 4.99 Å². The maximum atomic E-state index is 8.99. The van der Waals surface area contributed by atoms with E-state index in [9.17, 15) is 0 Å². The summed E-state index contributed by atoms with van der Waals surface area (Å²) in [5.41, 5.74) is 13.7. The van der Waals surface area contributed by atoms with Crippen LogP contribution in [0.5, 0.6) is 0 Å². The van der Waals surface area contributed by atoms with E-state index < -0.39 is 0 Å². The van der Waals surface area contributed by atoms with Crippen molar-refractivity contribution in [3.8, 4) is 33.4 Å². The standard InChI is InChI=1S/C50H37N3/c1-50(2)46-29-36-16-7-6-15-35(36)28-45(46)44-23-11-22-43(49(44)50)42-25-24-39(40-20-8-9-21-41(40)42)32-53-48(30-47(51)33-13-4-3-5-14-33)37-18-10-17-34(27-37)38-19-12-26-52-31-38/h3-32,51H,1-2H3/b48-30-,51-47?,53-32?. The van der Waals surface area contributed by atoms with Crippen molar-refractivity contribution in [3.63, 3.8) is 0 Å². The van der Waals surface area contributed by atoms with Crippen LogP contribution in [0.15, 0.2) is 181 Å². The van der Waals surface area contributed by atoms with Gasteiger partial charge < -0.3 is 5.41 Å². The van der Waals surface area contributed by atoms with Gasteiger partial charge in [-0.05, 0) is 96.4 Å². The van der Waals surface area contributed by atoms with Gasteiger partial charge in [0.15, 0.2) is 0 Å². The molecule has 1 N–H and O–H groups in total. The highest BCUT2D eigenvalue weighted by Gasteiger charge is 2.38. The van der Waals surface area contributed by atoms with Crippen LogP contribution >= 0.6 is 0 Å².